The first-order valence-electron chi connectivity index (χ1n) is 5.56. The number of carbonyl (C=O) groups is 2. The molecule has 0 fully saturated rings. The zero-order chi connectivity index (χ0) is 13.5. The highest BCUT2D eigenvalue weighted by Gasteiger charge is 2.11. The molecule has 0 radical (unpaired) electrons. The second kappa shape index (κ2) is 6.58. The van der Waals surface area contributed by atoms with Gasteiger partial charge in [-0.1, -0.05) is 6.92 Å². The van der Waals surface area contributed by atoms with E-state index in [4.69, 9.17) is 9.47 Å². The van der Waals surface area contributed by atoms with Crippen molar-refractivity contribution < 1.29 is 23.6 Å². The summed E-state index contributed by atoms with van der Waals surface area (Å²) in [6, 6.07) is 3.36. The number of hydrogen-bond donors (Lipinski definition) is 0. The number of nitrogens with zero attached hydrogens (tertiary/aromatic N) is 2. The third-order valence-corrected chi connectivity index (χ3v) is 2.06. The SMILES string of the molecule is CCC(=O)OC[n+]1cccc(OC(=O)N(C)C)c1. The molecule has 0 saturated carbocycles. The summed E-state index contributed by atoms with van der Waals surface area (Å²) in [7, 11) is 3.20. The van der Waals surface area contributed by atoms with E-state index in [0.717, 1.165) is 0 Å². The molecule has 1 amide bonds. The standard InChI is InChI=1S/C12H17N2O4/c1-4-11(15)17-9-14-7-5-6-10(8-14)18-12(16)13(2)3/h5-8H,4,9H2,1-3H3/q+1. The number of carbonyl (C=O) groups excluding carboxylic acids is 2. The molecule has 0 unspecified atom stereocenters. The predicted octanol–water partition coefficient (Wildman–Crippen LogP) is 0.945. The van der Waals surface area contributed by atoms with E-state index >= 15 is 0 Å². The van der Waals surface area contributed by atoms with Gasteiger partial charge in [-0.3, -0.25) is 4.79 Å². The molecule has 6 nitrogen and oxygen atoms in total. The van der Waals surface area contributed by atoms with Crippen LogP contribution in [0.5, 0.6) is 5.75 Å². The third kappa shape index (κ3) is 4.40. The largest absolute Gasteiger partial charge is 0.414 e. The molecular formula is C12H17N2O4+. The van der Waals surface area contributed by atoms with Crippen LogP contribution in [0.4, 0.5) is 4.79 Å². The lowest BCUT2D eigenvalue weighted by atomic mass is 10.4. The smallest absolute Gasteiger partial charge is 0.405 e. The molecule has 0 aromatic carbocycles. The van der Waals surface area contributed by atoms with Gasteiger partial charge in [-0.05, 0) is 6.07 Å². The zero-order valence-electron chi connectivity index (χ0n) is 10.8. The predicted molar refractivity (Wildman–Crippen MR) is 62.7 cm³/mol. The van der Waals surface area contributed by atoms with Crippen molar-refractivity contribution in [2.45, 2.75) is 20.1 Å². The van der Waals surface area contributed by atoms with Gasteiger partial charge in [-0.15, -0.1) is 0 Å². The van der Waals surface area contributed by atoms with Gasteiger partial charge >= 0.3 is 12.1 Å². The van der Waals surface area contributed by atoms with Crippen molar-refractivity contribution in [3.05, 3.63) is 24.5 Å². The van der Waals surface area contributed by atoms with E-state index in [1.165, 1.54) is 4.90 Å². The topological polar surface area (TPSA) is 59.7 Å². The summed E-state index contributed by atoms with van der Waals surface area (Å²) in [6.07, 6.45) is 3.18. The molecule has 0 saturated heterocycles. The van der Waals surface area contributed by atoms with Crippen LogP contribution < -0.4 is 9.30 Å². The summed E-state index contributed by atoms with van der Waals surface area (Å²) in [4.78, 5) is 23.7. The van der Waals surface area contributed by atoms with Gasteiger partial charge in [-0.25, -0.2) is 4.79 Å². The summed E-state index contributed by atoms with van der Waals surface area (Å²) in [5.74, 6) is 0.113. The molecular weight excluding hydrogens is 236 g/mol. The molecule has 98 valence electrons. The van der Waals surface area contributed by atoms with E-state index in [2.05, 4.69) is 0 Å². The van der Waals surface area contributed by atoms with Crippen LogP contribution in [0.1, 0.15) is 13.3 Å². The van der Waals surface area contributed by atoms with Crippen LogP contribution in [0.15, 0.2) is 24.5 Å². The van der Waals surface area contributed by atoms with Gasteiger partial charge in [0.15, 0.2) is 11.9 Å². The fraction of sp³-hybridized carbons (Fsp3) is 0.417. The number of aromatic nitrogens is 1. The Labute approximate surface area is 106 Å². The van der Waals surface area contributed by atoms with Crippen LogP contribution in [0.2, 0.25) is 0 Å². The Morgan fingerprint density at radius 2 is 2.11 bits per heavy atom. The van der Waals surface area contributed by atoms with Gasteiger partial charge in [-0.2, -0.15) is 4.57 Å². The van der Waals surface area contributed by atoms with Gasteiger partial charge in [0.25, 0.3) is 6.73 Å². The molecule has 0 atom stereocenters. The maximum atomic E-state index is 11.3. The average molecular weight is 253 g/mol. The molecule has 0 bridgehead atoms. The minimum Gasteiger partial charge on any atom is -0.405 e. The molecule has 1 rings (SSSR count). The molecule has 1 aromatic rings. The number of esters is 1. The van der Waals surface area contributed by atoms with E-state index in [9.17, 15) is 9.59 Å². The van der Waals surface area contributed by atoms with E-state index in [-0.39, 0.29) is 12.7 Å². The first-order valence-corrected chi connectivity index (χ1v) is 5.56. The maximum absolute atomic E-state index is 11.3. The van der Waals surface area contributed by atoms with Crippen LogP contribution >= 0.6 is 0 Å². The number of pyridine rings is 1. The van der Waals surface area contributed by atoms with Gasteiger partial charge in [0.05, 0.1) is 0 Å². The van der Waals surface area contributed by atoms with Crippen LogP contribution in [-0.4, -0.2) is 31.1 Å². The van der Waals surface area contributed by atoms with Crippen LogP contribution in [0.25, 0.3) is 0 Å². The molecule has 1 heterocycles. The second-order valence-electron chi connectivity index (χ2n) is 3.82. The van der Waals surface area contributed by atoms with Crippen LogP contribution in [-0.2, 0) is 16.3 Å². The van der Waals surface area contributed by atoms with Gasteiger partial charge in [0, 0.05) is 26.6 Å². The second-order valence-corrected chi connectivity index (χ2v) is 3.82. The summed E-state index contributed by atoms with van der Waals surface area (Å²) in [6.45, 7) is 1.82. The first-order chi connectivity index (χ1) is 8.52. The molecule has 1 aromatic heterocycles. The van der Waals surface area contributed by atoms with Crippen molar-refractivity contribution in [3.8, 4) is 5.75 Å². The third-order valence-electron chi connectivity index (χ3n) is 2.06. The lowest BCUT2D eigenvalue weighted by Gasteiger charge is -2.09. The fourth-order valence-electron chi connectivity index (χ4n) is 1.08. The van der Waals surface area contributed by atoms with Crippen molar-refractivity contribution in [1.29, 1.82) is 0 Å². The van der Waals surface area contributed by atoms with E-state index in [1.54, 1.807) is 50.1 Å². The Kier molecular flexibility index (Phi) is 5.10. The highest BCUT2D eigenvalue weighted by Crippen LogP contribution is 2.06. The molecule has 0 spiro atoms. The molecule has 6 heteroatoms. The molecule has 0 aliphatic heterocycles. The Bertz CT molecular complexity index is 432. The monoisotopic (exact) mass is 253 g/mol. The van der Waals surface area contributed by atoms with Crippen molar-refractivity contribution >= 4 is 12.1 Å². The first kappa shape index (κ1) is 14.0. The summed E-state index contributed by atoms with van der Waals surface area (Å²) < 4.78 is 11.6. The average Bonchev–Trinajstić information content (AvgIpc) is 2.36. The maximum Gasteiger partial charge on any atom is 0.414 e. The molecule has 0 aliphatic carbocycles. The Morgan fingerprint density at radius 3 is 2.72 bits per heavy atom. The van der Waals surface area contributed by atoms with Crippen molar-refractivity contribution in [1.82, 2.24) is 4.90 Å². The zero-order valence-corrected chi connectivity index (χ0v) is 10.8. The lowest BCUT2D eigenvalue weighted by molar-refractivity contribution is -0.727. The number of hydrogen-bond acceptors (Lipinski definition) is 4. The minimum absolute atomic E-state index is 0.0973. The summed E-state index contributed by atoms with van der Waals surface area (Å²) in [5, 5.41) is 0. The Balaban J connectivity index is 2.62. The normalized spacial score (nSPS) is 9.72. The highest BCUT2D eigenvalue weighted by atomic mass is 16.6. The van der Waals surface area contributed by atoms with Gasteiger partial charge < -0.3 is 14.4 Å². The molecule has 18 heavy (non-hydrogen) atoms. The van der Waals surface area contributed by atoms with Gasteiger partial charge in [0.1, 0.15) is 0 Å². The number of rotatable bonds is 4. The lowest BCUT2D eigenvalue weighted by Crippen LogP contribution is -2.36. The van der Waals surface area contributed by atoms with Crippen molar-refractivity contribution in [2.24, 2.45) is 0 Å². The summed E-state index contributed by atoms with van der Waals surface area (Å²) in [5.41, 5.74) is 0. The van der Waals surface area contributed by atoms with E-state index < -0.39 is 6.09 Å². The molecule has 0 N–H and O–H groups in total. The quantitative estimate of drug-likeness (QED) is 0.592. The van der Waals surface area contributed by atoms with Crippen molar-refractivity contribution in [2.75, 3.05) is 14.1 Å². The van der Waals surface area contributed by atoms with Crippen molar-refractivity contribution in [3.63, 3.8) is 0 Å². The molecule has 0 aliphatic rings. The Morgan fingerprint density at radius 1 is 1.39 bits per heavy atom. The fourth-order valence-corrected chi connectivity index (χ4v) is 1.08. The minimum atomic E-state index is -0.460. The summed E-state index contributed by atoms with van der Waals surface area (Å²) >= 11 is 0. The van der Waals surface area contributed by atoms with Gasteiger partial charge in [0.2, 0.25) is 6.20 Å². The van der Waals surface area contributed by atoms with Crippen LogP contribution in [0, 0.1) is 0 Å². The highest BCUT2D eigenvalue weighted by molar-refractivity contribution is 5.69. The van der Waals surface area contributed by atoms with E-state index in [1.807, 2.05) is 0 Å². The Hall–Kier alpha value is -2.11. The number of ether oxygens (including phenoxy) is 2. The van der Waals surface area contributed by atoms with Crippen LogP contribution in [0.3, 0.4) is 0 Å². The number of amides is 1. The van der Waals surface area contributed by atoms with E-state index in [0.29, 0.717) is 12.2 Å².